The average molecular weight is 349 g/mol. The van der Waals surface area contributed by atoms with Crippen molar-refractivity contribution in [1.82, 2.24) is 24.9 Å². The summed E-state index contributed by atoms with van der Waals surface area (Å²) in [5.74, 6) is 0.0313. The molecule has 6 heteroatoms. The van der Waals surface area contributed by atoms with Gasteiger partial charge in [0.1, 0.15) is 0 Å². The lowest BCUT2D eigenvalue weighted by Gasteiger charge is -2.33. The van der Waals surface area contributed by atoms with Gasteiger partial charge in [-0.05, 0) is 32.8 Å². The summed E-state index contributed by atoms with van der Waals surface area (Å²) in [6.07, 6.45) is 3.66. The Kier molecular flexibility index (Phi) is 4.32. The standard InChI is InChI=1S/C20H23N5O/c1-14-11-15(2)25(23-14)17-9-6-10-24(13-17)20(26)18-12-21-22-19(18)16-7-4-3-5-8-16/h3-5,7-8,11-12,17H,6,9-10,13H2,1-2H3,(H,21,22). The third-order valence-corrected chi connectivity index (χ3v) is 5.01. The molecule has 0 spiro atoms. The quantitative estimate of drug-likeness (QED) is 0.788. The second-order valence-electron chi connectivity index (χ2n) is 6.94. The highest BCUT2D eigenvalue weighted by Gasteiger charge is 2.28. The summed E-state index contributed by atoms with van der Waals surface area (Å²) in [7, 11) is 0. The van der Waals surface area contributed by atoms with Gasteiger partial charge in [0, 0.05) is 24.3 Å². The molecule has 0 radical (unpaired) electrons. The van der Waals surface area contributed by atoms with E-state index in [0.29, 0.717) is 12.1 Å². The van der Waals surface area contributed by atoms with Crippen LogP contribution in [0.5, 0.6) is 0 Å². The minimum atomic E-state index is 0.0313. The number of rotatable bonds is 3. The maximum absolute atomic E-state index is 13.2. The molecule has 1 aliphatic rings. The number of aromatic nitrogens is 4. The molecule has 1 aromatic carbocycles. The maximum atomic E-state index is 13.2. The molecule has 3 aromatic rings. The Morgan fingerprint density at radius 1 is 1.23 bits per heavy atom. The number of hydrogen-bond acceptors (Lipinski definition) is 3. The summed E-state index contributed by atoms with van der Waals surface area (Å²) in [5.41, 5.74) is 4.55. The number of nitrogens with zero attached hydrogens (tertiary/aromatic N) is 4. The van der Waals surface area contributed by atoms with Crippen molar-refractivity contribution in [3.8, 4) is 11.3 Å². The van der Waals surface area contributed by atoms with Gasteiger partial charge in [-0.25, -0.2) is 0 Å². The van der Waals surface area contributed by atoms with E-state index >= 15 is 0 Å². The topological polar surface area (TPSA) is 66.8 Å². The van der Waals surface area contributed by atoms with Gasteiger partial charge < -0.3 is 4.90 Å². The van der Waals surface area contributed by atoms with Gasteiger partial charge >= 0.3 is 0 Å². The van der Waals surface area contributed by atoms with E-state index in [-0.39, 0.29) is 11.9 Å². The zero-order chi connectivity index (χ0) is 18.1. The van der Waals surface area contributed by atoms with Crippen LogP contribution in [-0.2, 0) is 0 Å². The van der Waals surface area contributed by atoms with E-state index in [4.69, 9.17) is 0 Å². The lowest BCUT2D eigenvalue weighted by molar-refractivity contribution is 0.0672. The zero-order valence-corrected chi connectivity index (χ0v) is 15.1. The number of aromatic amines is 1. The first-order valence-electron chi connectivity index (χ1n) is 9.04. The van der Waals surface area contributed by atoms with E-state index in [1.54, 1.807) is 6.20 Å². The monoisotopic (exact) mass is 349 g/mol. The second kappa shape index (κ2) is 6.78. The molecule has 6 nitrogen and oxygen atoms in total. The van der Waals surface area contributed by atoms with E-state index in [1.807, 2.05) is 42.2 Å². The van der Waals surface area contributed by atoms with Gasteiger partial charge in [-0.3, -0.25) is 14.6 Å². The number of piperidine rings is 1. The number of nitrogens with one attached hydrogen (secondary N) is 1. The first kappa shape index (κ1) is 16.6. The van der Waals surface area contributed by atoms with Crippen LogP contribution in [-0.4, -0.2) is 43.9 Å². The Balaban J connectivity index is 1.58. The molecule has 1 atom stereocenters. The Hall–Kier alpha value is -2.89. The van der Waals surface area contributed by atoms with Crippen molar-refractivity contribution in [3.63, 3.8) is 0 Å². The normalized spacial score (nSPS) is 17.5. The second-order valence-corrected chi connectivity index (χ2v) is 6.94. The Morgan fingerprint density at radius 3 is 2.77 bits per heavy atom. The van der Waals surface area contributed by atoms with Crippen molar-refractivity contribution in [2.24, 2.45) is 0 Å². The number of hydrogen-bond donors (Lipinski definition) is 1. The SMILES string of the molecule is Cc1cc(C)n(C2CCCN(C(=O)c3cn[nH]c3-c3ccccc3)C2)n1. The van der Waals surface area contributed by atoms with Crippen molar-refractivity contribution < 1.29 is 4.79 Å². The van der Waals surface area contributed by atoms with Crippen molar-refractivity contribution in [1.29, 1.82) is 0 Å². The Labute approximate surface area is 152 Å². The van der Waals surface area contributed by atoms with Gasteiger partial charge in [0.2, 0.25) is 0 Å². The molecule has 134 valence electrons. The molecular formula is C20H23N5O. The highest BCUT2D eigenvalue weighted by atomic mass is 16.2. The molecule has 3 heterocycles. The van der Waals surface area contributed by atoms with Crippen molar-refractivity contribution in [2.45, 2.75) is 32.7 Å². The first-order chi connectivity index (χ1) is 12.6. The van der Waals surface area contributed by atoms with Gasteiger partial charge in [-0.2, -0.15) is 10.2 Å². The minimum absolute atomic E-state index is 0.0313. The summed E-state index contributed by atoms with van der Waals surface area (Å²) in [5, 5.41) is 11.7. The summed E-state index contributed by atoms with van der Waals surface area (Å²) in [6, 6.07) is 12.2. The fraction of sp³-hybridized carbons (Fsp3) is 0.350. The van der Waals surface area contributed by atoms with E-state index in [2.05, 4.69) is 33.0 Å². The van der Waals surface area contributed by atoms with Gasteiger partial charge in [-0.15, -0.1) is 0 Å². The summed E-state index contributed by atoms with van der Waals surface area (Å²) in [4.78, 5) is 15.1. The summed E-state index contributed by atoms with van der Waals surface area (Å²) in [6.45, 7) is 5.53. The van der Waals surface area contributed by atoms with Crippen LogP contribution in [0.4, 0.5) is 0 Å². The largest absolute Gasteiger partial charge is 0.336 e. The minimum Gasteiger partial charge on any atom is -0.336 e. The van der Waals surface area contributed by atoms with E-state index < -0.39 is 0 Å². The molecule has 1 saturated heterocycles. The van der Waals surface area contributed by atoms with Gasteiger partial charge in [-0.1, -0.05) is 30.3 Å². The highest BCUT2D eigenvalue weighted by Crippen LogP contribution is 2.27. The number of amides is 1. The van der Waals surface area contributed by atoms with Gasteiger partial charge in [0.05, 0.1) is 29.2 Å². The van der Waals surface area contributed by atoms with Crippen molar-refractivity contribution in [3.05, 3.63) is 59.5 Å². The molecular weight excluding hydrogens is 326 g/mol. The predicted molar refractivity (Wildman–Crippen MR) is 99.9 cm³/mol. The number of benzene rings is 1. The fourth-order valence-corrected chi connectivity index (χ4v) is 3.80. The van der Waals surface area contributed by atoms with Crippen LogP contribution in [0, 0.1) is 13.8 Å². The van der Waals surface area contributed by atoms with E-state index in [0.717, 1.165) is 42.0 Å². The Bertz CT molecular complexity index is 911. The number of carbonyl (C=O) groups excluding carboxylic acids is 1. The summed E-state index contributed by atoms with van der Waals surface area (Å²) >= 11 is 0. The molecule has 4 rings (SSSR count). The van der Waals surface area contributed by atoms with Gasteiger partial charge in [0.25, 0.3) is 5.91 Å². The van der Waals surface area contributed by atoms with Crippen LogP contribution in [0.25, 0.3) is 11.3 Å². The smallest absolute Gasteiger partial charge is 0.257 e. The van der Waals surface area contributed by atoms with E-state index in [9.17, 15) is 4.79 Å². The third-order valence-electron chi connectivity index (χ3n) is 5.01. The molecule has 1 fully saturated rings. The Morgan fingerprint density at radius 2 is 2.04 bits per heavy atom. The molecule has 1 amide bonds. The molecule has 0 bridgehead atoms. The van der Waals surface area contributed by atoms with Crippen LogP contribution < -0.4 is 0 Å². The molecule has 1 unspecified atom stereocenters. The van der Waals surface area contributed by atoms with Crippen LogP contribution in [0.3, 0.4) is 0 Å². The molecule has 1 aliphatic heterocycles. The number of H-pyrrole nitrogens is 1. The number of aryl methyl sites for hydroxylation is 2. The third kappa shape index (κ3) is 3.03. The summed E-state index contributed by atoms with van der Waals surface area (Å²) < 4.78 is 2.07. The highest BCUT2D eigenvalue weighted by molar-refractivity contribution is 5.99. The molecule has 0 saturated carbocycles. The molecule has 2 aromatic heterocycles. The lowest BCUT2D eigenvalue weighted by atomic mass is 10.0. The van der Waals surface area contributed by atoms with Crippen molar-refractivity contribution >= 4 is 5.91 Å². The average Bonchev–Trinajstić information content (AvgIpc) is 3.28. The predicted octanol–water partition coefficient (Wildman–Crippen LogP) is 3.37. The van der Waals surface area contributed by atoms with Crippen LogP contribution in [0.1, 0.15) is 40.6 Å². The zero-order valence-electron chi connectivity index (χ0n) is 15.1. The number of carbonyl (C=O) groups is 1. The maximum Gasteiger partial charge on any atom is 0.257 e. The molecule has 1 N–H and O–H groups in total. The fourth-order valence-electron chi connectivity index (χ4n) is 3.80. The van der Waals surface area contributed by atoms with Crippen LogP contribution in [0.2, 0.25) is 0 Å². The lowest BCUT2D eigenvalue weighted by Crippen LogP contribution is -2.41. The molecule has 0 aliphatic carbocycles. The molecule has 26 heavy (non-hydrogen) atoms. The number of likely N-dealkylation sites (tertiary alicyclic amines) is 1. The van der Waals surface area contributed by atoms with Gasteiger partial charge in [0.15, 0.2) is 0 Å². The van der Waals surface area contributed by atoms with Crippen molar-refractivity contribution in [2.75, 3.05) is 13.1 Å². The van der Waals surface area contributed by atoms with Crippen LogP contribution >= 0.6 is 0 Å². The first-order valence-corrected chi connectivity index (χ1v) is 9.04. The van der Waals surface area contributed by atoms with E-state index in [1.165, 1.54) is 0 Å². The van der Waals surface area contributed by atoms with Crippen LogP contribution in [0.15, 0.2) is 42.6 Å².